The van der Waals surface area contributed by atoms with E-state index in [-0.39, 0.29) is 53.2 Å². The summed E-state index contributed by atoms with van der Waals surface area (Å²) < 4.78 is 51.6. The zero-order chi connectivity index (χ0) is 40.5. The van der Waals surface area contributed by atoms with Crippen LogP contribution in [0.25, 0.3) is 0 Å². The second-order valence-electron chi connectivity index (χ2n) is 16.5. The summed E-state index contributed by atoms with van der Waals surface area (Å²) >= 11 is 7.77. The maximum absolute atomic E-state index is 14.2. The molecule has 55 heavy (non-hydrogen) atoms. The normalized spacial score (nSPS) is 20.5. The molecule has 1 fully saturated rings. The van der Waals surface area contributed by atoms with Crippen LogP contribution in [0.15, 0.2) is 36.8 Å². The Bertz CT molecular complexity index is 1940. The molecule has 0 radical (unpaired) electrons. The van der Waals surface area contributed by atoms with E-state index in [9.17, 15) is 18.0 Å². The summed E-state index contributed by atoms with van der Waals surface area (Å²) in [5.41, 5.74) is 3.39. The molecule has 2 N–H and O–H groups in total. The Morgan fingerprint density at radius 1 is 1.05 bits per heavy atom. The summed E-state index contributed by atoms with van der Waals surface area (Å²) in [5, 5.41) is 4.12. The van der Waals surface area contributed by atoms with Crippen molar-refractivity contribution in [1.82, 2.24) is 14.7 Å². The van der Waals surface area contributed by atoms with Gasteiger partial charge in [0.05, 0.1) is 29.8 Å². The van der Waals surface area contributed by atoms with Crippen molar-refractivity contribution in [3.8, 4) is 0 Å². The van der Waals surface area contributed by atoms with Gasteiger partial charge in [-0.1, -0.05) is 59.2 Å². The number of aryl methyl sites for hydroxylation is 1. The van der Waals surface area contributed by atoms with Crippen molar-refractivity contribution in [2.75, 3.05) is 18.5 Å². The lowest BCUT2D eigenvalue weighted by molar-refractivity contribution is 0.0558. The van der Waals surface area contributed by atoms with Crippen molar-refractivity contribution in [2.24, 2.45) is 5.92 Å². The van der Waals surface area contributed by atoms with Crippen LogP contribution in [0.4, 0.5) is 10.6 Å². The standard InChI is InChI=1S/C39H55ClN4O8S2Si/c1-22(2)55(23(3)4,24(5)6)52-33-17-29(15-27(33)20-50-54(47,48)44-38(46)51-39(8,9)10)43-37-32(19-41-21-42-37)35(45)34-18-30(25(7)53-34)36-31-16-28(40)12-11-26(31)13-14-49-36/h11-12,16,18-19,21-24,27,29,33,36H,13-15,17,20H2,1-10H3,(H,44,46)(H,41,42,43)/t27-,29-,33+,36+/m1/s1. The van der Waals surface area contributed by atoms with E-state index in [1.807, 2.05) is 35.9 Å². The number of benzene rings is 1. The highest BCUT2D eigenvalue weighted by Crippen LogP contribution is 2.46. The van der Waals surface area contributed by atoms with Crippen LogP contribution in [0, 0.1) is 12.8 Å². The van der Waals surface area contributed by atoms with Crippen LogP contribution < -0.4 is 10.0 Å². The highest BCUT2D eigenvalue weighted by atomic mass is 35.5. The van der Waals surface area contributed by atoms with Crippen molar-refractivity contribution in [2.45, 2.75) is 129 Å². The third kappa shape index (κ3) is 10.2. The van der Waals surface area contributed by atoms with Crippen LogP contribution in [0.2, 0.25) is 21.6 Å². The third-order valence-corrected chi connectivity index (χ3v) is 18.8. The lowest BCUT2D eigenvalue weighted by atomic mass is 9.93. The fourth-order valence-corrected chi connectivity index (χ4v) is 15.7. The van der Waals surface area contributed by atoms with E-state index in [1.165, 1.54) is 29.4 Å². The largest absolute Gasteiger partial charge is 0.443 e. The minimum absolute atomic E-state index is 0.218. The molecule has 1 aromatic carbocycles. The lowest BCUT2D eigenvalue weighted by Crippen LogP contribution is -2.51. The summed E-state index contributed by atoms with van der Waals surface area (Å²) in [6, 6.07) is 7.52. The van der Waals surface area contributed by atoms with Gasteiger partial charge in [-0.05, 0) is 98.5 Å². The number of halogens is 1. The smallest absolute Gasteiger partial charge is 0.423 e. The topological polar surface area (TPSA) is 155 Å². The van der Waals surface area contributed by atoms with Gasteiger partial charge in [-0.3, -0.25) is 8.98 Å². The summed E-state index contributed by atoms with van der Waals surface area (Å²) in [5.74, 6) is -0.199. The molecule has 16 heteroatoms. The zero-order valence-electron chi connectivity index (χ0n) is 33.4. The molecule has 3 heterocycles. The van der Waals surface area contributed by atoms with Crippen molar-refractivity contribution in [3.63, 3.8) is 0 Å². The van der Waals surface area contributed by atoms with Gasteiger partial charge in [0, 0.05) is 28.1 Å². The summed E-state index contributed by atoms with van der Waals surface area (Å²) in [4.78, 5) is 36.7. The van der Waals surface area contributed by atoms with Gasteiger partial charge in [0.15, 0.2) is 0 Å². The minimum atomic E-state index is -4.48. The van der Waals surface area contributed by atoms with Gasteiger partial charge in [0.25, 0.3) is 0 Å². The Balaban J connectivity index is 1.38. The molecule has 0 saturated heterocycles. The molecule has 0 bridgehead atoms. The maximum atomic E-state index is 14.2. The molecule has 1 amide bonds. The van der Waals surface area contributed by atoms with Gasteiger partial charge < -0.3 is 19.2 Å². The number of aromatic nitrogens is 2. The molecular weight excluding hydrogens is 780 g/mol. The predicted octanol–water partition coefficient (Wildman–Crippen LogP) is 8.93. The fourth-order valence-electron chi connectivity index (χ4n) is 8.28. The first kappa shape index (κ1) is 43.2. The molecule has 2 aromatic heterocycles. The number of fused-ring (bicyclic) bond motifs is 1. The molecule has 1 saturated carbocycles. The van der Waals surface area contributed by atoms with E-state index in [4.69, 9.17) is 29.7 Å². The van der Waals surface area contributed by atoms with E-state index in [1.54, 1.807) is 20.8 Å². The average molecular weight is 836 g/mol. The van der Waals surface area contributed by atoms with Gasteiger partial charge in [0.2, 0.25) is 14.1 Å². The van der Waals surface area contributed by atoms with E-state index in [0.29, 0.717) is 40.7 Å². The highest BCUT2D eigenvalue weighted by molar-refractivity contribution is 7.85. The van der Waals surface area contributed by atoms with Crippen molar-refractivity contribution < 1.29 is 36.1 Å². The molecule has 5 rings (SSSR count). The fraction of sp³-hybridized carbons (Fsp3) is 0.590. The summed E-state index contributed by atoms with van der Waals surface area (Å²) in [6.07, 6.45) is 2.89. The maximum Gasteiger partial charge on any atom is 0.423 e. The molecule has 12 nitrogen and oxygen atoms in total. The molecule has 0 unspecified atom stereocenters. The number of carbonyl (C=O) groups is 2. The highest BCUT2D eigenvalue weighted by Gasteiger charge is 2.50. The van der Waals surface area contributed by atoms with Gasteiger partial charge in [-0.2, -0.15) is 13.1 Å². The number of nitrogens with one attached hydrogen (secondary N) is 2. The zero-order valence-corrected chi connectivity index (χ0v) is 36.8. The van der Waals surface area contributed by atoms with Crippen LogP contribution in [-0.4, -0.2) is 69.5 Å². The summed E-state index contributed by atoms with van der Waals surface area (Å²) in [6.45, 7) is 20.4. The first-order valence-electron chi connectivity index (χ1n) is 18.9. The van der Waals surface area contributed by atoms with Crippen LogP contribution in [-0.2, 0) is 34.8 Å². The number of carbonyl (C=O) groups excluding carboxylic acids is 2. The molecule has 3 aromatic rings. The number of thiophene rings is 1. The second-order valence-corrected chi connectivity index (χ2v) is 24.9. The van der Waals surface area contributed by atoms with Crippen LogP contribution >= 0.6 is 22.9 Å². The molecule has 0 spiro atoms. The number of ketones is 1. The Morgan fingerprint density at radius 3 is 2.40 bits per heavy atom. The van der Waals surface area contributed by atoms with Crippen molar-refractivity contribution >= 4 is 59.3 Å². The van der Waals surface area contributed by atoms with Crippen molar-refractivity contribution in [3.05, 3.63) is 73.8 Å². The monoisotopic (exact) mass is 834 g/mol. The van der Waals surface area contributed by atoms with E-state index in [0.717, 1.165) is 22.4 Å². The Hall–Kier alpha value is -2.92. The van der Waals surface area contributed by atoms with Crippen LogP contribution in [0.5, 0.6) is 0 Å². The second kappa shape index (κ2) is 17.3. The first-order chi connectivity index (χ1) is 25.7. The number of nitrogens with zero attached hydrogens (tertiary/aromatic N) is 2. The van der Waals surface area contributed by atoms with Gasteiger partial charge >= 0.3 is 16.4 Å². The van der Waals surface area contributed by atoms with Gasteiger partial charge in [-0.15, -0.1) is 11.3 Å². The lowest BCUT2D eigenvalue weighted by Gasteiger charge is -2.45. The van der Waals surface area contributed by atoms with Gasteiger partial charge in [-0.25, -0.2) is 14.8 Å². The molecule has 1 aliphatic carbocycles. The Morgan fingerprint density at radius 2 is 1.75 bits per heavy atom. The SMILES string of the molecule is Cc1sc(C(=O)c2cncnc2N[C@@H]2C[C@H](COS(=O)(=O)NC(=O)OC(C)(C)C)[C@@H](O[Si](C(C)C)(C(C)C)C(C)C)C2)cc1[C@@H]1OCCc2ccc(Cl)cc21. The number of ether oxygens (including phenoxy) is 2. The average Bonchev–Trinajstić information content (AvgIpc) is 3.66. The number of hydrogen-bond acceptors (Lipinski definition) is 12. The van der Waals surface area contributed by atoms with E-state index < -0.39 is 30.3 Å². The number of hydrogen-bond donors (Lipinski definition) is 2. The molecular formula is C39H55ClN4O8S2Si. The Labute approximate surface area is 335 Å². The van der Waals surface area contributed by atoms with Gasteiger partial charge in [0.1, 0.15) is 23.9 Å². The third-order valence-electron chi connectivity index (χ3n) is 10.5. The minimum Gasteiger partial charge on any atom is -0.443 e. The van der Waals surface area contributed by atoms with Crippen LogP contribution in [0.1, 0.15) is 118 Å². The molecule has 1 aliphatic heterocycles. The van der Waals surface area contributed by atoms with Crippen molar-refractivity contribution in [1.29, 1.82) is 0 Å². The number of rotatable bonds is 14. The Kier molecular flexibility index (Phi) is 13.6. The predicted molar refractivity (Wildman–Crippen MR) is 218 cm³/mol. The molecule has 2 aliphatic rings. The van der Waals surface area contributed by atoms with E-state index in [2.05, 4.69) is 56.8 Å². The summed E-state index contributed by atoms with van der Waals surface area (Å²) in [7, 11) is -6.90. The van der Waals surface area contributed by atoms with E-state index >= 15 is 0 Å². The first-order valence-corrected chi connectivity index (χ1v) is 23.6. The number of amides is 1. The quantitative estimate of drug-likeness (QED) is 0.118. The molecule has 302 valence electrons. The number of anilines is 1. The van der Waals surface area contributed by atoms with Crippen LogP contribution in [0.3, 0.4) is 0 Å². The molecule has 4 atom stereocenters.